The van der Waals surface area contributed by atoms with Gasteiger partial charge in [-0.2, -0.15) is 18.6 Å². The molecule has 0 N–H and O–H groups in total. The van der Waals surface area contributed by atoms with Crippen molar-refractivity contribution >= 4 is 9.69 Å². The van der Waals surface area contributed by atoms with Crippen LogP contribution in [0.25, 0.3) is 0 Å². The fraction of sp³-hybridized carbons (Fsp3) is 0. The van der Waals surface area contributed by atoms with E-state index in [1.165, 1.54) is 6.07 Å². The van der Waals surface area contributed by atoms with Crippen molar-refractivity contribution in [2.75, 3.05) is 0 Å². The molecule has 0 aliphatic heterocycles. The van der Waals surface area contributed by atoms with Gasteiger partial charge in [-0.1, -0.05) is 12.1 Å². The molecule has 1 aromatic rings. The van der Waals surface area contributed by atoms with E-state index in [0.29, 0.717) is 5.56 Å². The molecule has 0 aromatic heterocycles. The normalized spacial score (nSPS) is 8.00. The molecule has 50 valence electrons. The Bertz CT molecular complexity index is 170. The maximum absolute atomic E-state index is 12.3. The first-order valence-corrected chi connectivity index (χ1v) is 6.54. The van der Waals surface area contributed by atoms with E-state index in [0.717, 1.165) is 17.3 Å². The molecule has 0 heterocycles. The Morgan fingerprint density at radius 2 is 1.80 bits per heavy atom. The zero-order valence-electron chi connectivity index (χ0n) is 5.48. The third kappa shape index (κ3) is 3.19. The van der Waals surface area contributed by atoms with E-state index in [1.54, 1.807) is 18.2 Å². The molecule has 0 fully saturated rings. The van der Waals surface area contributed by atoms with Crippen molar-refractivity contribution < 1.29 is 21.7 Å². The molecule has 0 saturated carbocycles. The van der Waals surface area contributed by atoms with Gasteiger partial charge < -0.3 is 0 Å². The van der Waals surface area contributed by atoms with Crippen molar-refractivity contribution in [1.82, 2.24) is 0 Å². The quantitative estimate of drug-likeness (QED) is 0.456. The van der Waals surface area contributed by atoms with Crippen LogP contribution >= 0.6 is 9.69 Å². The van der Waals surface area contributed by atoms with Gasteiger partial charge >= 0.3 is 27.0 Å². The zero-order valence-corrected chi connectivity index (χ0v) is 9.20. The summed E-state index contributed by atoms with van der Waals surface area (Å²) in [5.41, 5.74) is 0.451. The average Bonchev–Trinajstić information content (AvgIpc) is 2.00. The summed E-state index contributed by atoms with van der Waals surface area (Å²) in [7, 11) is 4.76. The summed E-state index contributed by atoms with van der Waals surface area (Å²) in [4.78, 5) is 0. The van der Waals surface area contributed by atoms with Crippen LogP contribution in [0.5, 0.6) is 0 Å². The van der Waals surface area contributed by atoms with E-state index >= 15 is 0 Å². The third-order valence-electron chi connectivity index (χ3n) is 0.958. The molecule has 1 rings (SSSR count). The van der Waals surface area contributed by atoms with Crippen LogP contribution in [0.1, 0.15) is 5.56 Å². The molecule has 0 spiro atoms. The third-order valence-corrected chi connectivity index (χ3v) is 0.958. The molecule has 1 aromatic carbocycles. The Labute approximate surface area is 74.1 Å². The second kappa shape index (κ2) is 5.70. The van der Waals surface area contributed by atoms with Crippen molar-refractivity contribution in [3.63, 3.8) is 0 Å². The van der Waals surface area contributed by atoms with Gasteiger partial charge in [0.1, 0.15) is 0 Å². The van der Waals surface area contributed by atoms with Gasteiger partial charge in [-0.15, -0.1) is 6.07 Å². The summed E-state index contributed by atoms with van der Waals surface area (Å²) in [6, 6.07) is 6.42. The summed E-state index contributed by atoms with van der Waals surface area (Å²) >= 11 is 0.847. The predicted molar refractivity (Wildman–Crippen MR) is 36.7 cm³/mol. The van der Waals surface area contributed by atoms with Crippen LogP contribution in [-0.4, -0.2) is 0 Å². The van der Waals surface area contributed by atoms with Crippen molar-refractivity contribution in [2.45, 2.75) is 0 Å². The molecule has 0 aliphatic carbocycles. The molecule has 10 heavy (non-hydrogen) atoms. The first-order chi connectivity index (χ1) is 4.80. The van der Waals surface area contributed by atoms with E-state index in [9.17, 15) is 4.39 Å². The van der Waals surface area contributed by atoms with Gasteiger partial charge in [0.25, 0.3) is 0 Å². The fourth-order valence-electron chi connectivity index (χ4n) is 0.498. The topological polar surface area (TPSA) is 0 Å². The predicted octanol–water partition coefficient (Wildman–Crippen LogP) is 2.69. The van der Waals surface area contributed by atoms with Crippen LogP contribution in [0.3, 0.4) is 0 Å². The molecule has 0 aliphatic rings. The van der Waals surface area contributed by atoms with Crippen molar-refractivity contribution in [3.8, 4) is 0 Å². The Morgan fingerprint density at radius 3 is 2.10 bits per heavy atom. The Hall–Kier alpha value is -0.0666. The van der Waals surface area contributed by atoms with Gasteiger partial charge in [0, 0.05) is 5.82 Å². The monoisotopic (exact) mass is 208 g/mol. The van der Waals surface area contributed by atoms with E-state index in [4.69, 9.17) is 9.69 Å². The molecule has 0 unspecified atom stereocenters. The second-order valence-corrected chi connectivity index (χ2v) is 1.59. The number of hydrogen-bond donors (Lipinski definition) is 0. The van der Waals surface area contributed by atoms with Gasteiger partial charge in [0.05, 0.1) is 0 Å². The SMILES string of the molecule is [CH2-]c1ccccc1F.[Cl][Zn+]. The Morgan fingerprint density at radius 1 is 1.30 bits per heavy atom. The van der Waals surface area contributed by atoms with Gasteiger partial charge in [0.2, 0.25) is 0 Å². The van der Waals surface area contributed by atoms with E-state index in [1.807, 2.05) is 0 Å². The second-order valence-electron chi connectivity index (χ2n) is 1.59. The number of halogens is 2. The summed E-state index contributed by atoms with van der Waals surface area (Å²) in [5.74, 6) is -0.243. The van der Waals surface area contributed by atoms with Crippen LogP contribution < -0.4 is 0 Å². The maximum atomic E-state index is 12.3. The molecule has 0 bridgehead atoms. The molecular formula is C7H6ClFZn. The molecule has 3 heteroatoms. The minimum atomic E-state index is -0.243. The standard InChI is InChI=1S/C7H6F.ClH.Zn/c1-6-4-2-3-5-7(6)8;;/h2-5H,1H2;1H;/q-1;;+2/p-1. The van der Waals surface area contributed by atoms with Crippen molar-refractivity contribution in [3.05, 3.63) is 42.6 Å². The summed E-state index contributed by atoms with van der Waals surface area (Å²) < 4.78 is 12.3. The van der Waals surface area contributed by atoms with Gasteiger partial charge in [-0.25, -0.2) is 0 Å². The zero-order chi connectivity index (χ0) is 7.98. The fourth-order valence-corrected chi connectivity index (χ4v) is 0.498. The van der Waals surface area contributed by atoms with E-state index in [-0.39, 0.29) is 5.82 Å². The van der Waals surface area contributed by atoms with Gasteiger partial charge in [0.15, 0.2) is 0 Å². The van der Waals surface area contributed by atoms with E-state index in [2.05, 4.69) is 6.92 Å². The van der Waals surface area contributed by atoms with Gasteiger partial charge in [-0.05, 0) is 0 Å². The summed E-state index contributed by atoms with van der Waals surface area (Å²) in [5, 5.41) is 0. The van der Waals surface area contributed by atoms with E-state index < -0.39 is 0 Å². The molecule has 0 nitrogen and oxygen atoms in total. The molecular weight excluding hydrogens is 204 g/mol. The average molecular weight is 210 g/mol. The van der Waals surface area contributed by atoms with Crippen LogP contribution in [0.2, 0.25) is 0 Å². The molecule has 0 saturated heterocycles. The van der Waals surface area contributed by atoms with Crippen molar-refractivity contribution in [2.24, 2.45) is 0 Å². The Kier molecular flexibility index (Phi) is 5.66. The first-order valence-electron chi connectivity index (χ1n) is 2.64. The molecule has 0 amide bonds. The number of hydrogen-bond acceptors (Lipinski definition) is 0. The summed E-state index contributed by atoms with van der Waals surface area (Å²) in [6.07, 6.45) is 0. The Balaban J connectivity index is 0.000000371. The van der Waals surface area contributed by atoms with Crippen LogP contribution in [0.4, 0.5) is 4.39 Å². The van der Waals surface area contributed by atoms with Gasteiger partial charge in [-0.3, -0.25) is 4.39 Å². The number of rotatable bonds is 0. The number of benzene rings is 1. The van der Waals surface area contributed by atoms with Crippen LogP contribution in [-0.2, 0) is 17.3 Å². The van der Waals surface area contributed by atoms with Crippen molar-refractivity contribution in [1.29, 1.82) is 0 Å². The summed E-state index contributed by atoms with van der Waals surface area (Å²) in [6.45, 7) is 3.45. The minimum absolute atomic E-state index is 0.243. The van der Waals surface area contributed by atoms with Crippen LogP contribution in [0.15, 0.2) is 24.3 Å². The molecule has 0 radical (unpaired) electrons. The first kappa shape index (κ1) is 9.93. The molecule has 0 atom stereocenters. The van der Waals surface area contributed by atoms with Crippen LogP contribution in [0, 0.1) is 12.7 Å².